The van der Waals surface area contributed by atoms with Gasteiger partial charge in [0.25, 0.3) is 5.91 Å². The Bertz CT molecular complexity index is 806. The monoisotopic (exact) mass is 410 g/mol. The lowest BCUT2D eigenvalue weighted by Crippen LogP contribution is -3.13. The average molecular weight is 411 g/mol. The smallest absolute Gasteiger partial charge is 0.277 e. The first-order valence-corrected chi connectivity index (χ1v) is 11.0. The molecule has 3 heterocycles. The van der Waals surface area contributed by atoms with Crippen molar-refractivity contribution >= 4 is 11.9 Å². The van der Waals surface area contributed by atoms with Crippen molar-refractivity contribution in [2.24, 2.45) is 0 Å². The van der Waals surface area contributed by atoms with E-state index in [1.807, 2.05) is 23.1 Å². The predicted octanol–water partition coefficient (Wildman–Crippen LogP) is 1.33. The van der Waals surface area contributed by atoms with Gasteiger partial charge in [-0.1, -0.05) is 0 Å². The number of rotatable bonds is 5. The van der Waals surface area contributed by atoms with Crippen molar-refractivity contribution in [3.05, 3.63) is 48.3 Å². The Kier molecular flexibility index (Phi) is 6.79. The van der Waals surface area contributed by atoms with Crippen molar-refractivity contribution in [2.45, 2.75) is 31.7 Å². The summed E-state index contributed by atoms with van der Waals surface area (Å²) in [6, 6.07) is 10.6. The van der Waals surface area contributed by atoms with Crippen LogP contribution in [0.1, 0.15) is 37.3 Å². The van der Waals surface area contributed by atoms with E-state index in [0.717, 1.165) is 50.8 Å². The maximum Gasteiger partial charge on any atom is 0.277 e. The van der Waals surface area contributed by atoms with Gasteiger partial charge in [0.2, 0.25) is 5.95 Å². The molecule has 2 saturated heterocycles. The summed E-state index contributed by atoms with van der Waals surface area (Å²) in [6.07, 6.45) is 8.33. The van der Waals surface area contributed by atoms with E-state index in [9.17, 15) is 4.79 Å². The summed E-state index contributed by atoms with van der Waals surface area (Å²) >= 11 is 0. The fraction of sp³-hybridized carbons (Fsp3) is 0.522. The van der Waals surface area contributed by atoms with Crippen molar-refractivity contribution in [3.8, 4) is 5.75 Å². The number of methoxy groups -OCH3 is 1. The molecule has 0 saturated carbocycles. The second-order valence-corrected chi connectivity index (χ2v) is 8.18. The van der Waals surface area contributed by atoms with Gasteiger partial charge in [-0.25, -0.2) is 9.97 Å². The van der Waals surface area contributed by atoms with Crippen molar-refractivity contribution < 1.29 is 14.4 Å². The van der Waals surface area contributed by atoms with Crippen LogP contribution in [-0.4, -0.2) is 67.2 Å². The first-order chi connectivity index (χ1) is 14.7. The molecule has 0 aliphatic carbocycles. The molecule has 1 amide bonds. The van der Waals surface area contributed by atoms with Crippen molar-refractivity contribution in [2.75, 3.05) is 51.3 Å². The first-order valence-electron chi connectivity index (χ1n) is 11.0. The number of likely N-dealkylation sites (tertiary alicyclic amines) is 1. The summed E-state index contributed by atoms with van der Waals surface area (Å²) in [5.41, 5.74) is 1.31. The number of nitrogens with one attached hydrogen (secondary N) is 1. The van der Waals surface area contributed by atoms with E-state index in [2.05, 4.69) is 27.0 Å². The Morgan fingerprint density at radius 3 is 2.50 bits per heavy atom. The highest BCUT2D eigenvalue weighted by Crippen LogP contribution is 2.22. The van der Waals surface area contributed by atoms with Crippen LogP contribution in [0.2, 0.25) is 0 Å². The normalized spacial score (nSPS) is 22.4. The van der Waals surface area contributed by atoms with Gasteiger partial charge in [0.15, 0.2) is 6.54 Å². The number of aromatic nitrogens is 2. The molecule has 160 valence electrons. The van der Waals surface area contributed by atoms with Gasteiger partial charge in [-0.15, -0.1) is 0 Å². The van der Waals surface area contributed by atoms with Crippen molar-refractivity contribution in [3.63, 3.8) is 0 Å². The van der Waals surface area contributed by atoms with Crippen LogP contribution in [0.4, 0.5) is 5.95 Å². The molecule has 0 bridgehead atoms. The Labute approximate surface area is 178 Å². The Hall–Kier alpha value is -2.67. The molecule has 0 radical (unpaired) electrons. The number of carbonyl (C=O) groups excluding carboxylic acids is 1. The van der Waals surface area contributed by atoms with E-state index in [4.69, 9.17) is 4.74 Å². The SMILES string of the molecule is COc1ccc([C@@H]2CCCCC[NH+]2CC(=O)N2CCN(c3ncccn3)CC2)cc1. The quantitative estimate of drug-likeness (QED) is 0.806. The zero-order valence-corrected chi connectivity index (χ0v) is 17.8. The number of anilines is 1. The number of hydrogen-bond acceptors (Lipinski definition) is 5. The predicted molar refractivity (Wildman–Crippen MR) is 116 cm³/mol. The van der Waals surface area contributed by atoms with Gasteiger partial charge < -0.3 is 19.4 Å². The van der Waals surface area contributed by atoms with Crippen LogP contribution in [-0.2, 0) is 4.79 Å². The van der Waals surface area contributed by atoms with Crippen LogP contribution in [0.3, 0.4) is 0 Å². The van der Waals surface area contributed by atoms with Gasteiger partial charge in [-0.2, -0.15) is 0 Å². The summed E-state index contributed by atoms with van der Waals surface area (Å²) in [4.78, 5) is 27.4. The molecule has 1 unspecified atom stereocenters. The van der Waals surface area contributed by atoms with Gasteiger partial charge in [-0.05, 0) is 49.6 Å². The first kappa shape index (κ1) is 20.6. The molecule has 1 aromatic carbocycles. The van der Waals surface area contributed by atoms with Crippen LogP contribution >= 0.6 is 0 Å². The molecular formula is C23H32N5O2+. The van der Waals surface area contributed by atoms with E-state index in [-0.39, 0.29) is 5.91 Å². The third kappa shape index (κ3) is 4.90. The second kappa shape index (κ2) is 9.89. The van der Waals surface area contributed by atoms with Crippen LogP contribution in [0.25, 0.3) is 0 Å². The summed E-state index contributed by atoms with van der Waals surface area (Å²) in [7, 11) is 1.69. The highest BCUT2D eigenvalue weighted by atomic mass is 16.5. The van der Waals surface area contributed by atoms with Gasteiger partial charge in [0.05, 0.1) is 13.7 Å². The van der Waals surface area contributed by atoms with Gasteiger partial charge >= 0.3 is 0 Å². The molecule has 30 heavy (non-hydrogen) atoms. The average Bonchev–Trinajstić information content (AvgIpc) is 3.05. The minimum atomic E-state index is 0.263. The third-order valence-electron chi connectivity index (χ3n) is 6.35. The Balaban J connectivity index is 1.38. The maximum absolute atomic E-state index is 13.1. The molecule has 2 fully saturated rings. The van der Waals surface area contributed by atoms with Crippen LogP contribution < -0.4 is 14.5 Å². The zero-order valence-electron chi connectivity index (χ0n) is 17.8. The number of piperazine rings is 1. The number of quaternary nitrogens is 1. The Morgan fingerprint density at radius 1 is 1.07 bits per heavy atom. The molecule has 7 nitrogen and oxygen atoms in total. The van der Waals surface area contributed by atoms with Crippen LogP contribution in [0, 0.1) is 0 Å². The number of benzene rings is 1. The standard InChI is InChI=1S/C23H31N5O2/c1-30-20-9-7-19(8-10-20)21-6-3-2-4-13-28(21)18-22(29)26-14-16-27(17-15-26)23-24-11-5-12-25-23/h5,7-12,21H,2-4,6,13-18H2,1H3/p+1/t21-/m0/s1. The molecule has 1 N–H and O–H groups in total. The van der Waals surface area contributed by atoms with E-state index < -0.39 is 0 Å². The zero-order chi connectivity index (χ0) is 20.8. The van der Waals surface area contributed by atoms with Gasteiger partial charge in [0, 0.05) is 50.6 Å². The third-order valence-corrected chi connectivity index (χ3v) is 6.35. The highest BCUT2D eigenvalue weighted by Gasteiger charge is 2.31. The van der Waals surface area contributed by atoms with E-state index in [1.165, 1.54) is 29.7 Å². The molecule has 2 aliphatic heterocycles. The summed E-state index contributed by atoms with van der Waals surface area (Å²) in [6.45, 7) is 4.66. The van der Waals surface area contributed by atoms with Crippen LogP contribution in [0.15, 0.2) is 42.7 Å². The molecule has 4 rings (SSSR count). The number of carbonyl (C=O) groups is 1. The second-order valence-electron chi connectivity index (χ2n) is 8.18. The molecule has 1 aromatic heterocycles. The van der Waals surface area contributed by atoms with E-state index in [1.54, 1.807) is 19.5 Å². The lowest BCUT2D eigenvalue weighted by Gasteiger charge is -2.36. The molecule has 7 heteroatoms. The summed E-state index contributed by atoms with van der Waals surface area (Å²) < 4.78 is 5.31. The molecule has 2 aromatic rings. The summed E-state index contributed by atoms with van der Waals surface area (Å²) in [5, 5.41) is 0. The minimum Gasteiger partial charge on any atom is -0.497 e. The topological polar surface area (TPSA) is 63.0 Å². The summed E-state index contributed by atoms with van der Waals surface area (Å²) in [5.74, 6) is 1.90. The molecule has 2 aliphatic rings. The van der Waals surface area contributed by atoms with E-state index in [0.29, 0.717) is 12.6 Å². The van der Waals surface area contributed by atoms with E-state index >= 15 is 0 Å². The fourth-order valence-electron chi connectivity index (χ4n) is 4.62. The minimum absolute atomic E-state index is 0.263. The van der Waals surface area contributed by atoms with Crippen molar-refractivity contribution in [1.29, 1.82) is 0 Å². The van der Waals surface area contributed by atoms with Crippen molar-refractivity contribution in [1.82, 2.24) is 14.9 Å². The number of hydrogen-bond donors (Lipinski definition) is 1. The molecular weight excluding hydrogens is 378 g/mol. The fourth-order valence-corrected chi connectivity index (χ4v) is 4.62. The molecule has 2 atom stereocenters. The number of ether oxygens (including phenoxy) is 1. The highest BCUT2D eigenvalue weighted by molar-refractivity contribution is 5.77. The lowest BCUT2D eigenvalue weighted by molar-refractivity contribution is -0.923. The number of nitrogens with zero attached hydrogens (tertiary/aromatic N) is 4. The van der Waals surface area contributed by atoms with Crippen LogP contribution in [0.5, 0.6) is 5.75 Å². The Morgan fingerprint density at radius 2 is 1.80 bits per heavy atom. The lowest BCUT2D eigenvalue weighted by atomic mass is 10.0. The van der Waals surface area contributed by atoms with Gasteiger partial charge in [0.1, 0.15) is 11.8 Å². The van der Waals surface area contributed by atoms with Gasteiger partial charge in [-0.3, -0.25) is 4.79 Å². The number of amides is 1. The molecule has 0 spiro atoms. The maximum atomic E-state index is 13.1. The largest absolute Gasteiger partial charge is 0.497 e.